The largest absolute Gasteiger partial charge is 0.442 e. The topological polar surface area (TPSA) is 81.4 Å². The predicted octanol–water partition coefficient (Wildman–Crippen LogP) is 2.40. The first kappa shape index (κ1) is 16.4. The van der Waals surface area contributed by atoms with Crippen LogP contribution in [0.25, 0.3) is 0 Å². The second-order valence-corrected chi connectivity index (χ2v) is 6.03. The lowest BCUT2D eigenvalue weighted by Gasteiger charge is -2.24. The van der Waals surface area contributed by atoms with E-state index in [1.165, 1.54) is 0 Å². The molecule has 0 fully saturated rings. The highest BCUT2D eigenvalue weighted by Crippen LogP contribution is 2.29. The fourth-order valence-corrected chi connectivity index (χ4v) is 3.09. The Kier molecular flexibility index (Phi) is 4.45. The van der Waals surface area contributed by atoms with E-state index in [4.69, 9.17) is 9.15 Å². The Hall–Kier alpha value is -3.06. The number of oxazole rings is 1. The molecule has 4 rings (SSSR count). The number of carbonyl (C=O) groups excluding carboxylic acids is 1. The molecule has 0 saturated carbocycles. The van der Waals surface area contributed by atoms with Crippen molar-refractivity contribution in [3.8, 4) is 0 Å². The number of methoxy groups -OCH3 is 1. The van der Waals surface area contributed by atoms with Crippen molar-refractivity contribution in [1.82, 2.24) is 20.1 Å². The van der Waals surface area contributed by atoms with Gasteiger partial charge in [-0.3, -0.25) is 4.79 Å². The molecule has 0 radical (unpaired) electrons. The van der Waals surface area contributed by atoms with E-state index in [0.29, 0.717) is 31.1 Å². The van der Waals surface area contributed by atoms with Gasteiger partial charge in [0.05, 0.1) is 6.54 Å². The third-order valence-corrected chi connectivity index (χ3v) is 4.39. The molecule has 26 heavy (non-hydrogen) atoms. The maximum Gasteiger partial charge on any atom is 0.274 e. The first-order chi connectivity index (χ1) is 12.8. The molecule has 1 aromatic carbocycles. The second kappa shape index (κ2) is 7.05. The van der Waals surface area contributed by atoms with Gasteiger partial charge >= 0.3 is 0 Å². The number of fused-ring (bicyclic) bond motifs is 1. The molecule has 0 aliphatic carbocycles. The minimum absolute atomic E-state index is 0.153. The van der Waals surface area contributed by atoms with Gasteiger partial charge < -0.3 is 14.1 Å². The maximum atomic E-state index is 12.6. The number of hydrogen-bond donors (Lipinski definition) is 0. The highest BCUT2D eigenvalue weighted by molar-refractivity contribution is 5.92. The zero-order valence-electron chi connectivity index (χ0n) is 14.3. The van der Waals surface area contributed by atoms with E-state index < -0.39 is 0 Å². The number of ether oxygens (including phenoxy) is 1. The molecule has 2 aromatic heterocycles. The maximum absolute atomic E-state index is 12.6. The Bertz CT molecular complexity index is 896. The van der Waals surface area contributed by atoms with Crippen molar-refractivity contribution in [2.24, 2.45) is 0 Å². The van der Waals surface area contributed by atoms with Crippen LogP contribution in [-0.4, -0.2) is 39.6 Å². The predicted molar refractivity (Wildman–Crippen MR) is 92.3 cm³/mol. The van der Waals surface area contributed by atoms with E-state index in [9.17, 15) is 4.79 Å². The smallest absolute Gasteiger partial charge is 0.274 e. The Morgan fingerprint density at radius 2 is 2.08 bits per heavy atom. The second-order valence-electron chi connectivity index (χ2n) is 6.03. The molecule has 0 spiro atoms. The molecule has 0 bridgehead atoms. The summed E-state index contributed by atoms with van der Waals surface area (Å²) in [5.74, 6) is 1.17. The van der Waals surface area contributed by atoms with Gasteiger partial charge in [-0.15, -0.1) is 5.10 Å². The number of benzene rings is 1. The summed E-state index contributed by atoms with van der Waals surface area (Å²) < 4.78 is 11.5. The number of aromatic nitrogens is 3. The molecular weight excluding hydrogens is 332 g/mol. The standard InChI is InChI=1S/C19H18N4O3/c1-25-17(13-6-3-2-4-7-13)18-21-15-12-23(11-9-16(15)26-18)19(24)14-8-5-10-20-22-14/h2-8,10,17H,9,11-12H2,1H3. The summed E-state index contributed by atoms with van der Waals surface area (Å²) >= 11 is 0. The first-order valence-corrected chi connectivity index (χ1v) is 8.39. The van der Waals surface area contributed by atoms with Crippen LogP contribution in [0, 0.1) is 0 Å². The van der Waals surface area contributed by atoms with E-state index in [0.717, 1.165) is 17.0 Å². The average Bonchev–Trinajstić information content (AvgIpc) is 3.12. The van der Waals surface area contributed by atoms with Crippen molar-refractivity contribution < 1.29 is 13.9 Å². The highest BCUT2D eigenvalue weighted by Gasteiger charge is 2.29. The molecule has 1 aliphatic rings. The summed E-state index contributed by atoms with van der Waals surface area (Å²) in [6.07, 6.45) is 1.79. The van der Waals surface area contributed by atoms with Crippen LogP contribution in [0.2, 0.25) is 0 Å². The first-order valence-electron chi connectivity index (χ1n) is 8.39. The fraction of sp³-hybridized carbons (Fsp3) is 0.263. The van der Waals surface area contributed by atoms with Crippen molar-refractivity contribution in [3.05, 3.63) is 77.3 Å². The van der Waals surface area contributed by atoms with Crippen molar-refractivity contribution in [2.75, 3.05) is 13.7 Å². The summed E-state index contributed by atoms with van der Waals surface area (Å²) in [5.41, 5.74) is 2.07. The number of hydrogen-bond acceptors (Lipinski definition) is 6. The van der Waals surface area contributed by atoms with Crippen LogP contribution in [0.15, 0.2) is 53.1 Å². The van der Waals surface area contributed by atoms with E-state index in [-0.39, 0.29) is 12.0 Å². The van der Waals surface area contributed by atoms with E-state index in [1.807, 2.05) is 30.3 Å². The van der Waals surface area contributed by atoms with Crippen LogP contribution in [0.4, 0.5) is 0 Å². The van der Waals surface area contributed by atoms with Crippen molar-refractivity contribution >= 4 is 5.91 Å². The van der Waals surface area contributed by atoms with Crippen LogP contribution in [0.3, 0.4) is 0 Å². The zero-order valence-corrected chi connectivity index (χ0v) is 14.3. The van der Waals surface area contributed by atoms with Gasteiger partial charge in [-0.05, 0) is 17.7 Å². The number of rotatable bonds is 4. The van der Waals surface area contributed by atoms with Crippen molar-refractivity contribution in [1.29, 1.82) is 0 Å². The molecule has 0 N–H and O–H groups in total. The third kappa shape index (κ3) is 3.09. The zero-order chi connectivity index (χ0) is 17.9. The quantitative estimate of drug-likeness (QED) is 0.719. The SMILES string of the molecule is COC(c1ccccc1)c1nc2c(o1)CCN(C(=O)c1cccnn1)C2. The third-order valence-electron chi connectivity index (χ3n) is 4.39. The Morgan fingerprint density at radius 1 is 1.23 bits per heavy atom. The van der Waals surface area contributed by atoms with Crippen molar-refractivity contribution in [2.45, 2.75) is 19.1 Å². The lowest BCUT2D eigenvalue weighted by molar-refractivity contribution is 0.0720. The van der Waals surface area contributed by atoms with Gasteiger partial charge in [0.2, 0.25) is 5.89 Å². The van der Waals surface area contributed by atoms with Gasteiger partial charge in [-0.25, -0.2) is 4.98 Å². The summed E-state index contributed by atoms with van der Waals surface area (Å²) in [6.45, 7) is 0.944. The van der Waals surface area contributed by atoms with Crippen LogP contribution in [-0.2, 0) is 17.7 Å². The molecule has 132 valence electrons. The molecule has 0 saturated heterocycles. The van der Waals surface area contributed by atoms with E-state index in [1.54, 1.807) is 30.3 Å². The Labute approximate surface area is 150 Å². The van der Waals surface area contributed by atoms with Gasteiger partial charge in [0, 0.05) is 26.3 Å². The number of amides is 1. The minimum Gasteiger partial charge on any atom is -0.442 e. The molecule has 3 aromatic rings. The molecule has 1 unspecified atom stereocenters. The minimum atomic E-state index is -0.369. The monoisotopic (exact) mass is 350 g/mol. The average molecular weight is 350 g/mol. The molecule has 7 heteroatoms. The molecule has 1 aliphatic heterocycles. The Morgan fingerprint density at radius 3 is 2.81 bits per heavy atom. The van der Waals surface area contributed by atoms with Crippen LogP contribution < -0.4 is 0 Å². The molecule has 1 atom stereocenters. The van der Waals surface area contributed by atoms with Gasteiger partial charge in [0.1, 0.15) is 11.5 Å². The lowest BCUT2D eigenvalue weighted by Crippen LogP contribution is -2.36. The number of carbonyl (C=O) groups is 1. The fourth-order valence-electron chi connectivity index (χ4n) is 3.09. The van der Waals surface area contributed by atoms with Gasteiger partial charge in [0.25, 0.3) is 5.91 Å². The van der Waals surface area contributed by atoms with Crippen molar-refractivity contribution in [3.63, 3.8) is 0 Å². The van der Waals surface area contributed by atoms with E-state index in [2.05, 4.69) is 15.2 Å². The van der Waals surface area contributed by atoms with E-state index >= 15 is 0 Å². The summed E-state index contributed by atoms with van der Waals surface area (Å²) in [7, 11) is 1.63. The number of nitrogens with zero attached hydrogens (tertiary/aromatic N) is 4. The molecule has 1 amide bonds. The highest BCUT2D eigenvalue weighted by atomic mass is 16.5. The summed E-state index contributed by atoms with van der Waals surface area (Å²) in [6, 6.07) is 13.2. The Balaban J connectivity index is 1.56. The molecule has 3 heterocycles. The van der Waals surface area contributed by atoms with Gasteiger partial charge in [0.15, 0.2) is 11.8 Å². The van der Waals surface area contributed by atoms with Gasteiger partial charge in [-0.1, -0.05) is 30.3 Å². The summed E-state index contributed by atoms with van der Waals surface area (Å²) in [4.78, 5) is 18.9. The lowest BCUT2D eigenvalue weighted by atomic mass is 10.1. The van der Waals surface area contributed by atoms with Gasteiger partial charge in [-0.2, -0.15) is 5.10 Å². The normalized spacial score (nSPS) is 14.7. The van der Waals surface area contributed by atoms with Crippen LogP contribution in [0.5, 0.6) is 0 Å². The van der Waals surface area contributed by atoms with Crippen LogP contribution in [0.1, 0.15) is 39.5 Å². The van der Waals surface area contributed by atoms with Crippen LogP contribution >= 0.6 is 0 Å². The summed E-state index contributed by atoms with van der Waals surface area (Å²) in [5, 5.41) is 7.66. The molecular formula is C19H18N4O3. The molecule has 7 nitrogen and oxygen atoms in total.